The quantitative estimate of drug-likeness (QED) is 0.385. The fourth-order valence-corrected chi connectivity index (χ4v) is 4.00. The number of thiocarbonyl (C=S) groups is 1. The van der Waals surface area contributed by atoms with Crippen LogP contribution in [0.3, 0.4) is 0 Å². The van der Waals surface area contributed by atoms with Crippen LogP contribution in [-0.4, -0.2) is 37.4 Å². The Morgan fingerprint density at radius 3 is 2.74 bits per heavy atom. The molecule has 0 aliphatic carbocycles. The van der Waals surface area contributed by atoms with Gasteiger partial charge in [-0.25, -0.2) is 4.68 Å². The van der Waals surface area contributed by atoms with Crippen LogP contribution in [0.15, 0.2) is 47.6 Å². The third kappa shape index (κ3) is 5.05. The Morgan fingerprint density at radius 2 is 2.00 bits per heavy atom. The van der Waals surface area contributed by atoms with E-state index in [9.17, 15) is 14.7 Å². The molecule has 0 bridgehead atoms. The van der Waals surface area contributed by atoms with E-state index in [-0.39, 0.29) is 12.3 Å². The first kappa shape index (κ1) is 19.3. The van der Waals surface area contributed by atoms with E-state index < -0.39 is 5.97 Å². The van der Waals surface area contributed by atoms with Crippen LogP contribution in [-0.2, 0) is 9.59 Å². The molecule has 27 heavy (non-hydrogen) atoms. The topological polar surface area (TPSA) is 78.3 Å². The van der Waals surface area contributed by atoms with E-state index in [4.69, 9.17) is 12.2 Å². The van der Waals surface area contributed by atoms with Gasteiger partial charge in [0.25, 0.3) is 5.91 Å². The van der Waals surface area contributed by atoms with Gasteiger partial charge in [-0.15, -0.1) is 0 Å². The number of unbranched alkanes of at least 4 members (excludes halogenated alkanes) is 2. The number of benzene rings is 1. The van der Waals surface area contributed by atoms with E-state index >= 15 is 0 Å². The number of aromatic nitrogens is 2. The zero-order chi connectivity index (χ0) is 19.2. The fourth-order valence-electron chi connectivity index (χ4n) is 2.69. The molecule has 1 aliphatic rings. The molecular weight excluding hydrogens is 382 g/mol. The first-order valence-electron chi connectivity index (χ1n) is 8.60. The molecule has 1 amide bonds. The molecule has 0 spiro atoms. The molecule has 0 radical (unpaired) electrons. The number of hydrogen-bond acceptors (Lipinski definition) is 6. The average molecular weight is 401 g/mol. The van der Waals surface area contributed by atoms with Gasteiger partial charge in [0.1, 0.15) is 4.32 Å². The van der Waals surface area contributed by atoms with Gasteiger partial charge in [-0.3, -0.25) is 9.69 Å². The highest BCUT2D eigenvalue weighted by molar-refractivity contribution is 8.26. The van der Waals surface area contributed by atoms with Crippen molar-refractivity contribution in [2.24, 2.45) is 0 Å². The zero-order valence-corrected chi connectivity index (χ0v) is 16.2. The SMILES string of the molecule is O=C([O-])CCCCCN1C(=O)/C(=C\c2cnn(-c3ccccc3)c2)SC1=S. The summed E-state index contributed by atoms with van der Waals surface area (Å²) in [7, 11) is 0. The second-order valence-electron chi connectivity index (χ2n) is 6.07. The maximum absolute atomic E-state index is 12.6. The van der Waals surface area contributed by atoms with Crippen molar-refractivity contribution >= 4 is 46.3 Å². The summed E-state index contributed by atoms with van der Waals surface area (Å²) < 4.78 is 2.28. The standard InChI is InChI=1S/C19H19N3O3S2/c23-17(24)9-5-2-6-10-21-18(25)16(27-19(21)26)11-14-12-20-22(13-14)15-7-3-1-4-8-15/h1,3-4,7-8,11-13H,2,5-6,9-10H2,(H,23,24)/p-1/b16-11+. The summed E-state index contributed by atoms with van der Waals surface area (Å²) in [6.07, 6.45) is 7.38. The van der Waals surface area contributed by atoms with E-state index in [1.165, 1.54) is 11.8 Å². The predicted octanol–water partition coefficient (Wildman–Crippen LogP) is 2.38. The Hall–Kier alpha value is -2.45. The molecule has 1 saturated heterocycles. The summed E-state index contributed by atoms with van der Waals surface area (Å²) >= 11 is 6.59. The number of carboxylic acids is 1. The molecule has 1 aliphatic heterocycles. The number of nitrogens with zero attached hydrogens (tertiary/aromatic N) is 3. The van der Waals surface area contributed by atoms with E-state index in [0.717, 1.165) is 11.3 Å². The molecule has 1 aromatic heterocycles. The summed E-state index contributed by atoms with van der Waals surface area (Å²) in [6.45, 7) is 0.498. The van der Waals surface area contributed by atoms with Crippen molar-refractivity contribution in [3.05, 3.63) is 53.2 Å². The number of carbonyl (C=O) groups excluding carboxylic acids is 2. The highest BCUT2D eigenvalue weighted by Gasteiger charge is 2.31. The van der Waals surface area contributed by atoms with Crippen LogP contribution in [0.25, 0.3) is 11.8 Å². The highest BCUT2D eigenvalue weighted by Crippen LogP contribution is 2.32. The van der Waals surface area contributed by atoms with Crippen LogP contribution in [0.5, 0.6) is 0 Å². The van der Waals surface area contributed by atoms with Crippen molar-refractivity contribution in [3.8, 4) is 5.69 Å². The minimum absolute atomic E-state index is 0.0453. The zero-order valence-electron chi connectivity index (χ0n) is 14.5. The number of carbonyl (C=O) groups is 2. The number of hydrogen-bond donors (Lipinski definition) is 0. The molecule has 0 saturated carbocycles. The Balaban J connectivity index is 1.61. The minimum Gasteiger partial charge on any atom is -0.550 e. The van der Waals surface area contributed by atoms with E-state index in [1.54, 1.807) is 21.9 Å². The van der Waals surface area contributed by atoms with Gasteiger partial charge in [0.15, 0.2) is 0 Å². The molecule has 8 heteroatoms. The van der Waals surface area contributed by atoms with E-state index in [0.29, 0.717) is 35.0 Å². The van der Waals surface area contributed by atoms with Gasteiger partial charge in [-0.05, 0) is 37.5 Å². The van der Waals surface area contributed by atoms with Crippen molar-refractivity contribution in [2.45, 2.75) is 25.7 Å². The van der Waals surface area contributed by atoms with Gasteiger partial charge >= 0.3 is 0 Å². The number of carboxylic acid groups (broad SMARTS) is 1. The largest absolute Gasteiger partial charge is 0.550 e. The summed E-state index contributed by atoms with van der Waals surface area (Å²) in [6, 6.07) is 9.73. The smallest absolute Gasteiger partial charge is 0.266 e. The third-order valence-corrected chi connectivity index (χ3v) is 5.44. The first-order chi connectivity index (χ1) is 13.0. The van der Waals surface area contributed by atoms with Gasteiger partial charge < -0.3 is 9.90 Å². The molecular formula is C19H18N3O3S2-. The van der Waals surface area contributed by atoms with Crippen LogP contribution in [0.2, 0.25) is 0 Å². The van der Waals surface area contributed by atoms with Gasteiger partial charge in [0, 0.05) is 24.3 Å². The van der Waals surface area contributed by atoms with E-state index in [2.05, 4.69) is 5.10 Å². The Labute approximate surface area is 166 Å². The summed E-state index contributed by atoms with van der Waals surface area (Å²) in [5, 5.41) is 14.7. The molecule has 2 aromatic rings. The first-order valence-corrected chi connectivity index (χ1v) is 9.82. The molecule has 0 atom stereocenters. The average Bonchev–Trinajstić information content (AvgIpc) is 3.22. The summed E-state index contributed by atoms with van der Waals surface area (Å²) in [4.78, 5) is 25.2. The van der Waals surface area contributed by atoms with Crippen LogP contribution < -0.4 is 5.11 Å². The van der Waals surface area contributed by atoms with Crippen molar-refractivity contribution < 1.29 is 14.7 Å². The van der Waals surface area contributed by atoms with Gasteiger partial charge in [0.05, 0.1) is 16.8 Å². The monoisotopic (exact) mass is 400 g/mol. The lowest BCUT2D eigenvalue weighted by Gasteiger charge is -2.14. The summed E-state index contributed by atoms with van der Waals surface area (Å²) in [5.74, 6) is -1.16. The maximum atomic E-state index is 12.6. The molecule has 140 valence electrons. The third-order valence-electron chi connectivity index (χ3n) is 4.06. The van der Waals surface area contributed by atoms with Gasteiger partial charge in [0.2, 0.25) is 0 Å². The second-order valence-corrected chi connectivity index (χ2v) is 7.75. The number of amides is 1. The maximum Gasteiger partial charge on any atom is 0.266 e. The Kier molecular flexibility index (Phi) is 6.41. The van der Waals surface area contributed by atoms with Gasteiger partial charge in [-0.1, -0.05) is 48.6 Å². The van der Waals surface area contributed by atoms with Crippen molar-refractivity contribution in [1.82, 2.24) is 14.7 Å². The van der Waals surface area contributed by atoms with Crippen LogP contribution in [0.4, 0.5) is 0 Å². The lowest BCUT2D eigenvalue weighted by molar-refractivity contribution is -0.305. The van der Waals surface area contributed by atoms with Crippen LogP contribution in [0, 0.1) is 0 Å². The van der Waals surface area contributed by atoms with Crippen molar-refractivity contribution in [1.29, 1.82) is 0 Å². The number of para-hydroxylation sites is 1. The lowest BCUT2D eigenvalue weighted by Crippen LogP contribution is -2.29. The molecule has 1 fully saturated rings. The molecule has 1 aromatic carbocycles. The predicted molar refractivity (Wildman–Crippen MR) is 107 cm³/mol. The molecule has 0 unspecified atom stereocenters. The molecule has 3 rings (SSSR count). The number of thioether (sulfide) groups is 1. The Morgan fingerprint density at radius 1 is 1.22 bits per heavy atom. The second kappa shape index (κ2) is 8.96. The normalized spacial score (nSPS) is 15.7. The van der Waals surface area contributed by atoms with E-state index in [1.807, 2.05) is 36.5 Å². The lowest BCUT2D eigenvalue weighted by atomic mass is 10.2. The Bertz CT molecular complexity index is 877. The van der Waals surface area contributed by atoms with Gasteiger partial charge in [-0.2, -0.15) is 5.10 Å². The van der Waals surface area contributed by atoms with Crippen LogP contribution in [0.1, 0.15) is 31.2 Å². The molecule has 0 N–H and O–H groups in total. The number of aliphatic carboxylic acids is 1. The van der Waals surface area contributed by atoms with Crippen molar-refractivity contribution in [2.75, 3.05) is 6.54 Å². The summed E-state index contributed by atoms with van der Waals surface area (Å²) in [5.41, 5.74) is 1.77. The highest BCUT2D eigenvalue weighted by atomic mass is 32.2. The fraction of sp³-hybridized carbons (Fsp3) is 0.263. The molecule has 6 nitrogen and oxygen atoms in total. The molecule has 2 heterocycles. The minimum atomic E-state index is -1.04. The van der Waals surface area contributed by atoms with Crippen LogP contribution >= 0.6 is 24.0 Å². The number of rotatable bonds is 8. The van der Waals surface area contributed by atoms with Crippen molar-refractivity contribution in [3.63, 3.8) is 0 Å².